The molecular formula is C69H135NO5. The molecule has 2 atom stereocenters. The molecule has 0 saturated heterocycles. The largest absolute Gasteiger partial charge is 0.466 e. The summed E-state index contributed by atoms with van der Waals surface area (Å²) in [5, 5.41) is 23.4. The monoisotopic (exact) mass is 1060 g/mol. The van der Waals surface area contributed by atoms with E-state index in [1.807, 2.05) is 0 Å². The molecule has 1 amide bonds. The van der Waals surface area contributed by atoms with E-state index in [-0.39, 0.29) is 18.5 Å². The number of ether oxygens (including phenoxy) is 1. The minimum absolute atomic E-state index is 0.0123. The highest BCUT2D eigenvalue weighted by Crippen LogP contribution is 2.19. The van der Waals surface area contributed by atoms with Crippen molar-refractivity contribution in [2.24, 2.45) is 0 Å². The Hall–Kier alpha value is -1.40. The Morgan fingerprint density at radius 3 is 0.947 bits per heavy atom. The summed E-state index contributed by atoms with van der Waals surface area (Å²) in [4.78, 5) is 24.6. The smallest absolute Gasteiger partial charge is 0.305 e. The van der Waals surface area contributed by atoms with Crippen LogP contribution < -0.4 is 5.32 Å². The van der Waals surface area contributed by atoms with Crippen molar-refractivity contribution in [3.8, 4) is 0 Å². The van der Waals surface area contributed by atoms with E-state index >= 15 is 0 Å². The molecule has 0 rings (SSSR count). The molecule has 0 aliphatic heterocycles. The number of hydrogen-bond acceptors (Lipinski definition) is 5. The van der Waals surface area contributed by atoms with Gasteiger partial charge in [0.1, 0.15) is 0 Å². The third-order valence-electron chi connectivity index (χ3n) is 16.3. The summed E-state index contributed by atoms with van der Waals surface area (Å²) >= 11 is 0. The standard InChI is InChI=1S/C69H135NO5/c1-3-5-7-9-11-13-15-17-19-20-21-22-24-27-30-34-37-41-45-49-53-57-61-67(72)66(65-71)70-68(73)62-58-54-50-46-42-38-35-31-28-25-23-26-29-32-36-40-44-48-52-56-60-64-75-69(74)63-59-55-51-47-43-39-33-18-16-14-12-10-8-6-4-2/h25,28,66-67,71-72H,3-24,26-27,29-65H2,1-2H3,(H,70,73)/b28-25-. The fraction of sp³-hybridized carbons (Fsp3) is 0.942. The van der Waals surface area contributed by atoms with E-state index in [1.165, 1.54) is 321 Å². The molecule has 0 saturated carbocycles. The molecule has 0 aromatic carbocycles. The predicted octanol–water partition coefficient (Wildman–Crippen LogP) is 22.0. The number of aliphatic hydroxyl groups excluding tert-OH is 2. The predicted molar refractivity (Wildman–Crippen MR) is 329 cm³/mol. The molecule has 0 heterocycles. The van der Waals surface area contributed by atoms with Crippen molar-refractivity contribution >= 4 is 11.9 Å². The van der Waals surface area contributed by atoms with Gasteiger partial charge in [0.05, 0.1) is 25.4 Å². The van der Waals surface area contributed by atoms with Crippen LogP contribution in [0.25, 0.3) is 0 Å². The van der Waals surface area contributed by atoms with E-state index in [0.717, 1.165) is 38.5 Å². The third kappa shape index (κ3) is 61.7. The first kappa shape index (κ1) is 73.6. The van der Waals surface area contributed by atoms with Crippen LogP contribution in [0.3, 0.4) is 0 Å². The Kier molecular flexibility index (Phi) is 63.9. The lowest BCUT2D eigenvalue weighted by atomic mass is 10.0. The van der Waals surface area contributed by atoms with Crippen LogP contribution in [0.15, 0.2) is 12.2 Å². The molecule has 3 N–H and O–H groups in total. The van der Waals surface area contributed by atoms with E-state index in [2.05, 4.69) is 31.3 Å². The summed E-state index contributed by atoms with van der Waals surface area (Å²) in [7, 11) is 0. The Morgan fingerprint density at radius 2 is 0.627 bits per heavy atom. The molecule has 0 aliphatic rings. The zero-order chi connectivity index (χ0) is 54.3. The number of aliphatic hydroxyl groups is 2. The van der Waals surface area contributed by atoms with Gasteiger partial charge in [-0.2, -0.15) is 0 Å². The maximum atomic E-state index is 12.5. The van der Waals surface area contributed by atoms with Crippen LogP contribution in [0.5, 0.6) is 0 Å². The average Bonchev–Trinajstić information content (AvgIpc) is 3.41. The molecular weight excluding hydrogens is 923 g/mol. The van der Waals surface area contributed by atoms with Crippen molar-refractivity contribution in [3.63, 3.8) is 0 Å². The van der Waals surface area contributed by atoms with Crippen LogP contribution in [0.1, 0.15) is 393 Å². The number of unbranched alkanes of at least 4 members (excludes halogenated alkanes) is 52. The molecule has 446 valence electrons. The van der Waals surface area contributed by atoms with Crippen molar-refractivity contribution in [1.29, 1.82) is 0 Å². The lowest BCUT2D eigenvalue weighted by Gasteiger charge is -2.22. The molecule has 0 bridgehead atoms. The number of allylic oxidation sites excluding steroid dienone is 2. The molecule has 0 spiro atoms. The summed E-state index contributed by atoms with van der Waals surface area (Å²) in [5.41, 5.74) is 0. The molecule has 0 aromatic heterocycles. The van der Waals surface area contributed by atoms with Gasteiger partial charge >= 0.3 is 5.97 Å². The second-order valence-electron chi connectivity index (χ2n) is 23.9. The van der Waals surface area contributed by atoms with Gasteiger partial charge in [-0.05, 0) is 51.4 Å². The Labute approximate surface area is 469 Å². The van der Waals surface area contributed by atoms with Crippen LogP contribution in [0.4, 0.5) is 0 Å². The van der Waals surface area contributed by atoms with Crippen molar-refractivity contribution < 1.29 is 24.5 Å². The summed E-state index contributed by atoms with van der Waals surface area (Å²) in [6.07, 6.45) is 79.6. The van der Waals surface area contributed by atoms with Gasteiger partial charge in [0.2, 0.25) is 5.91 Å². The minimum Gasteiger partial charge on any atom is -0.466 e. The van der Waals surface area contributed by atoms with Crippen LogP contribution >= 0.6 is 0 Å². The number of carbonyl (C=O) groups excluding carboxylic acids is 2. The summed E-state index contributed by atoms with van der Waals surface area (Å²) < 4.78 is 5.49. The van der Waals surface area contributed by atoms with Crippen LogP contribution in [0, 0.1) is 0 Å². The van der Waals surface area contributed by atoms with Gasteiger partial charge < -0.3 is 20.3 Å². The van der Waals surface area contributed by atoms with E-state index in [1.54, 1.807) is 0 Å². The average molecular weight is 1060 g/mol. The van der Waals surface area contributed by atoms with E-state index in [4.69, 9.17) is 4.74 Å². The molecule has 6 nitrogen and oxygen atoms in total. The number of nitrogens with one attached hydrogen (secondary N) is 1. The van der Waals surface area contributed by atoms with Gasteiger partial charge in [-0.1, -0.05) is 341 Å². The van der Waals surface area contributed by atoms with Crippen LogP contribution in [-0.4, -0.2) is 47.4 Å². The highest BCUT2D eigenvalue weighted by Gasteiger charge is 2.20. The zero-order valence-electron chi connectivity index (χ0n) is 51.1. The Morgan fingerprint density at radius 1 is 0.360 bits per heavy atom. The van der Waals surface area contributed by atoms with Crippen LogP contribution in [0.2, 0.25) is 0 Å². The normalized spacial score (nSPS) is 12.5. The van der Waals surface area contributed by atoms with Gasteiger partial charge in [0.15, 0.2) is 0 Å². The Balaban J connectivity index is 3.41. The minimum atomic E-state index is -0.670. The van der Waals surface area contributed by atoms with E-state index in [0.29, 0.717) is 25.9 Å². The quantitative estimate of drug-likeness (QED) is 0.0320. The van der Waals surface area contributed by atoms with E-state index in [9.17, 15) is 19.8 Å². The Bertz CT molecular complexity index is 1130. The van der Waals surface area contributed by atoms with Gasteiger partial charge in [-0.15, -0.1) is 0 Å². The summed E-state index contributed by atoms with van der Waals surface area (Å²) in [6.45, 7) is 4.99. The highest BCUT2D eigenvalue weighted by atomic mass is 16.5. The molecule has 75 heavy (non-hydrogen) atoms. The number of hydrogen-bond donors (Lipinski definition) is 3. The SMILES string of the molecule is CCCCCCCCCCCCCCCCCCCCCCCCC(O)C(CO)NC(=O)CCCCCCCCC/C=C\CCCCCCCCCCCCOC(=O)CCCCCCCCCCCCCCCCC. The zero-order valence-corrected chi connectivity index (χ0v) is 51.1. The number of rotatable bonds is 65. The lowest BCUT2D eigenvalue weighted by molar-refractivity contribution is -0.143. The van der Waals surface area contributed by atoms with Gasteiger partial charge in [0.25, 0.3) is 0 Å². The molecule has 6 heteroatoms. The maximum absolute atomic E-state index is 12.5. The molecule has 0 fully saturated rings. The summed E-state index contributed by atoms with van der Waals surface area (Å²) in [6, 6.07) is -0.548. The van der Waals surface area contributed by atoms with Gasteiger partial charge in [-0.25, -0.2) is 0 Å². The third-order valence-corrected chi connectivity index (χ3v) is 16.3. The van der Waals surface area contributed by atoms with Crippen molar-refractivity contribution in [2.75, 3.05) is 13.2 Å². The number of esters is 1. The first-order chi connectivity index (χ1) is 37.0. The van der Waals surface area contributed by atoms with Gasteiger partial charge in [0, 0.05) is 12.8 Å². The topological polar surface area (TPSA) is 95.9 Å². The second-order valence-corrected chi connectivity index (χ2v) is 23.9. The maximum Gasteiger partial charge on any atom is 0.305 e. The van der Waals surface area contributed by atoms with E-state index < -0.39 is 12.1 Å². The molecule has 2 unspecified atom stereocenters. The fourth-order valence-corrected chi connectivity index (χ4v) is 11.1. The van der Waals surface area contributed by atoms with Crippen LogP contribution in [-0.2, 0) is 14.3 Å². The molecule has 0 radical (unpaired) electrons. The lowest BCUT2D eigenvalue weighted by Crippen LogP contribution is -2.45. The number of amides is 1. The molecule has 0 aromatic rings. The van der Waals surface area contributed by atoms with Gasteiger partial charge in [-0.3, -0.25) is 9.59 Å². The molecule has 0 aliphatic carbocycles. The van der Waals surface area contributed by atoms with Crippen molar-refractivity contribution in [3.05, 3.63) is 12.2 Å². The summed E-state index contributed by atoms with van der Waals surface area (Å²) in [5.74, 6) is -0.0256. The highest BCUT2D eigenvalue weighted by molar-refractivity contribution is 5.76. The number of carbonyl (C=O) groups is 2. The fourth-order valence-electron chi connectivity index (χ4n) is 11.1. The second kappa shape index (κ2) is 65.1. The van der Waals surface area contributed by atoms with Crippen molar-refractivity contribution in [1.82, 2.24) is 5.32 Å². The first-order valence-electron chi connectivity index (χ1n) is 34.4. The van der Waals surface area contributed by atoms with Crippen molar-refractivity contribution in [2.45, 2.75) is 405 Å². The first-order valence-corrected chi connectivity index (χ1v) is 34.4.